The SMILES string of the molecule is Nc1nc2c(-c3c(F)c4nc(OC[C@@]56CCCN5C[C@H](F)C6)nc(N5C6CNCC5COC6)c4c(=O)n3CC3CC3)ccc(F)c2s1. The smallest absolute Gasteiger partial charge is 0.319 e. The number of morpholine rings is 1. The molecule has 3 N–H and O–H groups in total. The van der Waals surface area contributed by atoms with Crippen LogP contribution in [0.1, 0.15) is 32.1 Å². The van der Waals surface area contributed by atoms with Gasteiger partial charge in [-0.2, -0.15) is 9.97 Å². The van der Waals surface area contributed by atoms with Crippen molar-refractivity contribution in [2.75, 3.05) is 56.6 Å². The summed E-state index contributed by atoms with van der Waals surface area (Å²) in [6.07, 6.45) is 2.98. The average Bonchev–Trinajstić information content (AvgIpc) is 3.52. The molecule has 4 aliphatic heterocycles. The Bertz CT molecular complexity index is 1950. The number of pyridine rings is 1. The van der Waals surface area contributed by atoms with Crippen molar-refractivity contribution in [3.63, 3.8) is 0 Å². The monoisotopic (exact) mass is 668 g/mol. The Morgan fingerprint density at radius 1 is 1.13 bits per heavy atom. The zero-order valence-electron chi connectivity index (χ0n) is 25.7. The van der Waals surface area contributed by atoms with Crippen LogP contribution in [0, 0.1) is 17.6 Å². The Morgan fingerprint density at radius 3 is 2.72 bits per heavy atom. The predicted octanol–water partition coefficient (Wildman–Crippen LogP) is 3.47. The van der Waals surface area contributed by atoms with Gasteiger partial charge in [-0.05, 0) is 50.3 Å². The van der Waals surface area contributed by atoms with Crippen molar-refractivity contribution in [2.24, 2.45) is 5.92 Å². The number of benzene rings is 1. The summed E-state index contributed by atoms with van der Waals surface area (Å²) in [5.74, 6) is -0.749. The van der Waals surface area contributed by atoms with Gasteiger partial charge in [0, 0.05) is 38.2 Å². The van der Waals surface area contributed by atoms with Crippen molar-refractivity contribution in [3.05, 3.63) is 34.1 Å². The minimum absolute atomic E-state index is 0.0132. The van der Waals surface area contributed by atoms with Crippen LogP contribution in [0.25, 0.3) is 32.4 Å². The van der Waals surface area contributed by atoms with Crippen LogP contribution in [-0.2, 0) is 11.3 Å². The van der Waals surface area contributed by atoms with Crippen molar-refractivity contribution in [1.82, 2.24) is 29.7 Å². The number of thiazole rings is 1. The molecule has 1 aliphatic carbocycles. The van der Waals surface area contributed by atoms with Crippen LogP contribution in [0.5, 0.6) is 6.01 Å². The molecule has 0 amide bonds. The van der Waals surface area contributed by atoms with E-state index in [1.54, 1.807) is 0 Å². The summed E-state index contributed by atoms with van der Waals surface area (Å²) in [6, 6.07) is 2.34. The molecular weight excluding hydrogens is 633 g/mol. The molecule has 9 rings (SSSR count). The summed E-state index contributed by atoms with van der Waals surface area (Å²) >= 11 is 0.973. The zero-order valence-corrected chi connectivity index (χ0v) is 26.5. The van der Waals surface area contributed by atoms with Gasteiger partial charge in [-0.3, -0.25) is 9.69 Å². The fraction of sp³-hybridized carbons (Fsp3) is 0.562. The summed E-state index contributed by atoms with van der Waals surface area (Å²) in [4.78, 5) is 32.7. The lowest BCUT2D eigenvalue weighted by Gasteiger charge is -2.46. The zero-order chi connectivity index (χ0) is 32.0. The molecule has 0 spiro atoms. The molecule has 5 fully saturated rings. The van der Waals surface area contributed by atoms with Crippen LogP contribution in [0.3, 0.4) is 0 Å². The highest BCUT2D eigenvalue weighted by molar-refractivity contribution is 7.22. The maximum absolute atomic E-state index is 17.4. The van der Waals surface area contributed by atoms with Crippen molar-refractivity contribution in [1.29, 1.82) is 0 Å². The van der Waals surface area contributed by atoms with E-state index < -0.39 is 28.9 Å². The molecule has 2 bridgehead atoms. The number of aromatic nitrogens is 4. The number of alkyl halides is 1. The van der Waals surface area contributed by atoms with Gasteiger partial charge in [-0.25, -0.2) is 18.2 Å². The van der Waals surface area contributed by atoms with Crippen molar-refractivity contribution >= 4 is 43.4 Å². The standard InChI is InChI=1S/C32H35F3N8O3S/c33-17-8-32(6-1-7-41(32)12-17)15-46-31-39-25-22(28(40-31)43-18-9-37-10-19(43)14-45-13-18)29(44)42(11-16-2-3-16)26(23(25)35)20-4-5-21(34)27-24(20)38-30(36)47-27/h4-5,16-19,37H,1-3,6-15H2,(H2,36,38)/t17-,18?,19?,32+/m1/s1. The van der Waals surface area contributed by atoms with E-state index in [-0.39, 0.29) is 74.7 Å². The molecule has 47 heavy (non-hydrogen) atoms. The van der Waals surface area contributed by atoms with E-state index >= 15 is 4.39 Å². The van der Waals surface area contributed by atoms with Gasteiger partial charge in [0.1, 0.15) is 35.3 Å². The minimum Gasteiger partial charge on any atom is -0.461 e. The van der Waals surface area contributed by atoms with E-state index in [0.717, 1.165) is 43.6 Å². The lowest BCUT2D eigenvalue weighted by atomic mass is 9.95. The third-order valence-electron chi connectivity index (χ3n) is 10.6. The molecule has 15 heteroatoms. The summed E-state index contributed by atoms with van der Waals surface area (Å²) in [6.45, 7) is 3.63. The predicted molar refractivity (Wildman–Crippen MR) is 172 cm³/mol. The van der Waals surface area contributed by atoms with E-state index in [2.05, 4.69) is 25.1 Å². The molecule has 4 saturated heterocycles. The molecule has 11 nitrogen and oxygen atoms in total. The number of nitrogens with one attached hydrogen (secondary N) is 1. The first-order chi connectivity index (χ1) is 22.8. The van der Waals surface area contributed by atoms with Gasteiger partial charge < -0.3 is 30.0 Å². The first-order valence-electron chi connectivity index (χ1n) is 16.4. The van der Waals surface area contributed by atoms with Gasteiger partial charge in [0.2, 0.25) is 0 Å². The minimum atomic E-state index is -0.940. The quantitative estimate of drug-likeness (QED) is 0.303. The summed E-state index contributed by atoms with van der Waals surface area (Å²) in [7, 11) is 0. The first kappa shape index (κ1) is 29.6. The number of piperazine rings is 1. The first-order valence-corrected chi connectivity index (χ1v) is 17.2. The second-order valence-electron chi connectivity index (χ2n) is 13.7. The molecular formula is C32H35F3N8O3S. The highest BCUT2D eigenvalue weighted by Crippen LogP contribution is 2.42. The van der Waals surface area contributed by atoms with Gasteiger partial charge in [-0.1, -0.05) is 11.3 Å². The fourth-order valence-electron chi connectivity index (χ4n) is 8.21. The van der Waals surface area contributed by atoms with Crippen LogP contribution in [0.2, 0.25) is 0 Å². The second kappa shape index (κ2) is 11.0. The summed E-state index contributed by atoms with van der Waals surface area (Å²) in [5.41, 5.74) is 5.35. The molecule has 1 aromatic carbocycles. The molecule has 2 unspecified atom stereocenters. The Balaban J connectivity index is 1.26. The highest BCUT2D eigenvalue weighted by atomic mass is 32.1. The van der Waals surface area contributed by atoms with Crippen LogP contribution < -0.4 is 26.2 Å². The third kappa shape index (κ3) is 4.79. The molecule has 1 saturated carbocycles. The molecule has 3 aromatic heterocycles. The van der Waals surface area contributed by atoms with Crippen molar-refractivity contribution in [2.45, 2.75) is 62.4 Å². The lowest BCUT2D eigenvalue weighted by molar-refractivity contribution is 0.0522. The number of nitrogen functional groups attached to an aromatic ring is 1. The molecule has 4 aromatic rings. The molecule has 5 aliphatic rings. The Morgan fingerprint density at radius 2 is 1.94 bits per heavy atom. The average molecular weight is 669 g/mol. The van der Waals surface area contributed by atoms with E-state index in [0.29, 0.717) is 45.1 Å². The summed E-state index contributed by atoms with van der Waals surface area (Å²) in [5, 5.41) is 3.63. The van der Waals surface area contributed by atoms with Crippen LogP contribution >= 0.6 is 11.3 Å². The Kier molecular flexibility index (Phi) is 6.93. The van der Waals surface area contributed by atoms with Crippen molar-refractivity contribution in [3.8, 4) is 17.3 Å². The molecule has 4 atom stereocenters. The molecule has 248 valence electrons. The Hall–Kier alpha value is -3.53. The van der Waals surface area contributed by atoms with Crippen molar-refractivity contribution < 1.29 is 22.6 Å². The van der Waals surface area contributed by atoms with Crippen LogP contribution in [0.4, 0.5) is 24.1 Å². The normalized spacial score (nSPS) is 27.6. The summed E-state index contributed by atoms with van der Waals surface area (Å²) < 4.78 is 60.6. The van der Waals surface area contributed by atoms with Gasteiger partial charge in [0.15, 0.2) is 10.9 Å². The van der Waals surface area contributed by atoms with E-state index in [1.807, 2.05) is 0 Å². The van der Waals surface area contributed by atoms with Gasteiger partial charge in [-0.15, -0.1) is 0 Å². The number of ether oxygens (including phenoxy) is 2. The van der Waals surface area contributed by atoms with Crippen LogP contribution in [0.15, 0.2) is 16.9 Å². The molecule has 0 radical (unpaired) electrons. The highest BCUT2D eigenvalue weighted by Gasteiger charge is 2.49. The number of halogens is 3. The maximum atomic E-state index is 17.4. The largest absolute Gasteiger partial charge is 0.461 e. The van der Waals surface area contributed by atoms with Gasteiger partial charge in [0.05, 0.1) is 46.7 Å². The second-order valence-corrected chi connectivity index (χ2v) is 14.7. The Labute approximate surface area is 271 Å². The topological polar surface area (TPSA) is 124 Å². The number of fused-ring (bicyclic) bond motifs is 5. The number of rotatable bonds is 7. The van der Waals surface area contributed by atoms with Gasteiger partial charge >= 0.3 is 6.01 Å². The fourth-order valence-corrected chi connectivity index (χ4v) is 8.97. The maximum Gasteiger partial charge on any atom is 0.319 e. The third-order valence-corrected chi connectivity index (χ3v) is 11.5. The van der Waals surface area contributed by atoms with Crippen LogP contribution in [-0.4, -0.2) is 94.2 Å². The number of nitrogens with zero attached hydrogens (tertiary/aromatic N) is 6. The molecule has 7 heterocycles. The number of nitrogens with two attached hydrogens (primary N) is 1. The van der Waals surface area contributed by atoms with E-state index in [4.69, 9.17) is 20.2 Å². The van der Waals surface area contributed by atoms with Gasteiger partial charge in [0.25, 0.3) is 5.56 Å². The van der Waals surface area contributed by atoms with E-state index in [1.165, 1.54) is 16.7 Å². The lowest BCUT2D eigenvalue weighted by Crippen LogP contribution is -2.64. The number of anilines is 2. The van der Waals surface area contributed by atoms with E-state index in [9.17, 15) is 13.6 Å². The number of hydrogen-bond acceptors (Lipinski definition) is 11. The number of hydrogen-bond donors (Lipinski definition) is 2.